The van der Waals surface area contributed by atoms with Crippen LogP contribution in [0.25, 0.3) is 0 Å². The third kappa shape index (κ3) is 40.1. The Hall–Kier alpha value is 0.430. The lowest BCUT2D eigenvalue weighted by atomic mass is 10.0. The van der Waals surface area contributed by atoms with Crippen molar-refractivity contribution in [2.75, 3.05) is 24.6 Å². The van der Waals surface area contributed by atoms with Crippen molar-refractivity contribution < 1.29 is 0 Å². The van der Waals surface area contributed by atoms with Crippen LogP contribution in [0.15, 0.2) is 0 Å². The van der Waals surface area contributed by atoms with Crippen LogP contribution in [-0.2, 0) is 0 Å². The summed E-state index contributed by atoms with van der Waals surface area (Å²) in [5.41, 5.74) is 0. The fourth-order valence-electron chi connectivity index (χ4n) is 8.94. The number of hydrogen-bond donors (Lipinski definition) is 0. The van der Waals surface area contributed by atoms with E-state index in [9.17, 15) is 0 Å². The molecular formula is C51H106P+. The fourth-order valence-corrected chi connectivity index (χ4v) is 13.9. The van der Waals surface area contributed by atoms with E-state index in [0.717, 1.165) is 0 Å². The first-order valence-electron chi connectivity index (χ1n) is 25.6. The lowest BCUT2D eigenvalue weighted by Crippen LogP contribution is -2.13. The Morgan fingerprint density at radius 2 is 0.269 bits per heavy atom. The van der Waals surface area contributed by atoms with Gasteiger partial charge in [-0.15, -0.1) is 0 Å². The van der Waals surface area contributed by atoms with Gasteiger partial charge in [0.2, 0.25) is 0 Å². The molecule has 0 aliphatic rings. The van der Waals surface area contributed by atoms with E-state index in [-0.39, 0.29) is 0 Å². The van der Waals surface area contributed by atoms with Gasteiger partial charge in [0.15, 0.2) is 0 Å². The van der Waals surface area contributed by atoms with Crippen LogP contribution in [0.4, 0.5) is 0 Å². The van der Waals surface area contributed by atoms with Gasteiger partial charge < -0.3 is 0 Å². The molecule has 0 aromatic rings. The van der Waals surface area contributed by atoms with Gasteiger partial charge in [0.05, 0.1) is 24.6 Å². The van der Waals surface area contributed by atoms with Crippen LogP contribution < -0.4 is 0 Å². The highest BCUT2D eigenvalue weighted by atomic mass is 31.2. The lowest BCUT2D eigenvalue weighted by Gasteiger charge is -2.28. The molecule has 0 unspecified atom stereocenters. The molecule has 1 heteroatoms. The standard InChI is InChI=1S/C51H106P/c1-5-9-13-17-20-23-26-29-32-35-38-41-45-49-52(48-44-16-12-8-4,50-46-42-39-36-33-30-27-24-21-18-14-10-6-2)51-47-43-40-37-34-31-28-25-22-19-15-11-7-3/h5-51H2,1-4H3/q+1. The highest BCUT2D eigenvalue weighted by molar-refractivity contribution is 7.75. The van der Waals surface area contributed by atoms with Crippen molar-refractivity contribution in [2.24, 2.45) is 0 Å². The van der Waals surface area contributed by atoms with E-state index >= 15 is 0 Å². The van der Waals surface area contributed by atoms with Gasteiger partial charge in [-0.25, -0.2) is 0 Å². The normalized spacial score (nSPS) is 12.0. The maximum atomic E-state index is 2.40. The molecular weight excluding hydrogens is 644 g/mol. The third-order valence-electron chi connectivity index (χ3n) is 12.7. The van der Waals surface area contributed by atoms with E-state index in [1.807, 2.05) is 0 Å². The van der Waals surface area contributed by atoms with Gasteiger partial charge in [0.1, 0.15) is 0 Å². The monoisotopic (exact) mass is 750 g/mol. The molecule has 52 heavy (non-hydrogen) atoms. The molecule has 0 atom stereocenters. The van der Waals surface area contributed by atoms with Crippen molar-refractivity contribution in [1.82, 2.24) is 0 Å². The van der Waals surface area contributed by atoms with Gasteiger partial charge >= 0.3 is 0 Å². The van der Waals surface area contributed by atoms with Crippen LogP contribution >= 0.6 is 7.26 Å². The molecule has 0 nitrogen and oxygen atoms in total. The van der Waals surface area contributed by atoms with Crippen LogP contribution in [0.3, 0.4) is 0 Å². The molecule has 0 heterocycles. The van der Waals surface area contributed by atoms with Crippen molar-refractivity contribution in [1.29, 1.82) is 0 Å². The average Bonchev–Trinajstić information content (AvgIpc) is 3.15. The summed E-state index contributed by atoms with van der Waals surface area (Å²) in [6.45, 7) is 9.39. The predicted molar refractivity (Wildman–Crippen MR) is 248 cm³/mol. The fraction of sp³-hybridized carbons (Fsp3) is 1.00. The maximum Gasteiger partial charge on any atom is 0.0594 e. The Morgan fingerprint density at radius 1 is 0.154 bits per heavy atom. The van der Waals surface area contributed by atoms with E-state index in [1.165, 1.54) is 250 Å². The Bertz CT molecular complexity index is 538. The number of hydrogen-bond acceptors (Lipinski definition) is 0. The van der Waals surface area contributed by atoms with Gasteiger partial charge in [0.25, 0.3) is 0 Å². The zero-order valence-electron chi connectivity index (χ0n) is 37.7. The zero-order chi connectivity index (χ0) is 37.7. The molecule has 0 aromatic carbocycles. The summed E-state index contributed by atoms with van der Waals surface area (Å²) >= 11 is 0. The molecule has 0 amide bonds. The summed E-state index contributed by atoms with van der Waals surface area (Å²) in [5.74, 6) is 0. The van der Waals surface area contributed by atoms with Crippen LogP contribution in [0.1, 0.15) is 304 Å². The molecule has 0 saturated carbocycles. The van der Waals surface area contributed by atoms with Crippen molar-refractivity contribution >= 4 is 7.26 Å². The summed E-state index contributed by atoms with van der Waals surface area (Å²) in [7, 11) is -0.783. The average molecular weight is 750 g/mol. The van der Waals surface area contributed by atoms with Crippen molar-refractivity contribution in [2.45, 2.75) is 304 Å². The summed E-state index contributed by atoms with van der Waals surface area (Å²) in [5, 5.41) is 0. The zero-order valence-corrected chi connectivity index (χ0v) is 38.6. The Balaban J connectivity index is 4.61. The lowest BCUT2D eigenvalue weighted by molar-refractivity contribution is 0.541. The van der Waals surface area contributed by atoms with Gasteiger partial charge in [-0.3, -0.25) is 0 Å². The molecule has 0 rings (SSSR count). The Morgan fingerprint density at radius 3 is 0.423 bits per heavy atom. The Labute approximate surface area is 334 Å². The third-order valence-corrected chi connectivity index (χ3v) is 17.8. The summed E-state index contributed by atoms with van der Waals surface area (Å²) in [4.78, 5) is 0. The minimum atomic E-state index is -0.783. The summed E-state index contributed by atoms with van der Waals surface area (Å²) < 4.78 is 0. The molecule has 0 aromatic heterocycles. The molecule has 0 bridgehead atoms. The van der Waals surface area contributed by atoms with Crippen LogP contribution in [0.5, 0.6) is 0 Å². The second-order valence-electron chi connectivity index (χ2n) is 18.0. The van der Waals surface area contributed by atoms with Gasteiger partial charge in [-0.2, -0.15) is 0 Å². The maximum absolute atomic E-state index is 2.40. The Kier molecular flexibility index (Phi) is 46.2. The molecule has 0 N–H and O–H groups in total. The SMILES string of the molecule is CCCCCCCCCCCCCCC[P+](CCCCCC)(CCCCCCCCCCCCCCC)CCCCCCCCCCCCCCC. The number of rotatable bonds is 47. The highest BCUT2D eigenvalue weighted by Crippen LogP contribution is 2.61. The molecule has 0 fully saturated rings. The largest absolute Gasteiger partial charge is 0.0654 e. The summed E-state index contributed by atoms with van der Waals surface area (Å²) in [6.07, 6.45) is 70.7. The quantitative estimate of drug-likeness (QED) is 0.0429. The molecule has 0 aliphatic heterocycles. The van der Waals surface area contributed by atoms with Crippen molar-refractivity contribution in [3.63, 3.8) is 0 Å². The van der Waals surface area contributed by atoms with Crippen molar-refractivity contribution in [3.8, 4) is 0 Å². The van der Waals surface area contributed by atoms with E-state index in [1.54, 1.807) is 50.3 Å². The minimum absolute atomic E-state index is 0.783. The molecule has 0 radical (unpaired) electrons. The molecule has 314 valence electrons. The molecule has 0 saturated heterocycles. The highest BCUT2D eigenvalue weighted by Gasteiger charge is 2.35. The van der Waals surface area contributed by atoms with E-state index < -0.39 is 7.26 Å². The summed E-state index contributed by atoms with van der Waals surface area (Å²) in [6, 6.07) is 0. The first kappa shape index (κ1) is 52.4. The smallest absolute Gasteiger partial charge is 0.0594 e. The van der Waals surface area contributed by atoms with Gasteiger partial charge in [0, 0.05) is 7.26 Å². The van der Waals surface area contributed by atoms with E-state index in [0.29, 0.717) is 0 Å². The van der Waals surface area contributed by atoms with Crippen LogP contribution in [0.2, 0.25) is 0 Å². The molecule has 0 spiro atoms. The predicted octanol–water partition coefficient (Wildman–Crippen LogP) is 19.9. The van der Waals surface area contributed by atoms with E-state index in [2.05, 4.69) is 27.7 Å². The van der Waals surface area contributed by atoms with Crippen molar-refractivity contribution in [3.05, 3.63) is 0 Å². The minimum Gasteiger partial charge on any atom is -0.0654 e. The first-order valence-corrected chi connectivity index (χ1v) is 28.1. The van der Waals surface area contributed by atoms with Gasteiger partial charge in [-0.05, 0) is 51.4 Å². The van der Waals surface area contributed by atoms with Gasteiger partial charge in [-0.1, -0.05) is 252 Å². The van der Waals surface area contributed by atoms with Crippen LogP contribution in [0, 0.1) is 0 Å². The molecule has 0 aliphatic carbocycles. The second-order valence-corrected chi connectivity index (χ2v) is 22.5. The topological polar surface area (TPSA) is 0 Å². The second kappa shape index (κ2) is 45.8. The van der Waals surface area contributed by atoms with Crippen LogP contribution in [-0.4, -0.2) is 24.6 Å². The first-order chi connectivity index (χ1) is 25.7. The van der Waals surface area contributed by atoms with E-state index in [4.69, 9.17) is 0 Å². The number of unbranched alkanes of at least 4 members (excludes halogenated alkanes) is 39.